The van der Waals surface area contributed by atoms with Gasteiger partial charge in [0, 0.05) is 19.0 Å². The second-order valence-corrected chi connectivity index (χ2v) is 7.03. The van der Waals surface area contributed by atoms with Crippen LogP contribution in [-0.2, 0) is 13.1 Å². The van der Waals surface area contributed by atoms with Crippen molar-refractivity contribution in [3.8, 4) is 0 Å². The molecule has 3 heteroatoms. The molecule has 1 aliphatic rings. The molecule has 2 N–H and O–H groups in total. The van der Waals surface area contributed by atoms with Crippen molar-refractivity contribution in [3.05, 3.63) is 29.6 Å². The van der Waals surface area contributed by atoms with E-state index in [1.165, 1.54) is 37.0 Å². The van der Waals surface area contributed by atoms with Gasteiger partial charge >= 0.3 is 0 Å². The molecular formula is C18H27N3. The van der Waals surface area contributed by atoms with Crippen molar-refractivity contribution in [3.63, 3.8) is 0 Å². The Kier molecular flexibility index (Phi) is 3.78. The molecule has 3 nitrogen and oxygen atoms in total. The van der Waals surface area contributed by atoms with Crippen LogP contribution >= 0.6 is 0 Å². The smallest absolute Gasteiger partial charge is 0.113 e. The Labute approximate surface area is 127 Å². The van der Waals surface area contributed by atoms with Crippen LogP contribution < -0.4 is 5.73 Å². The minimum absolute atomic E-state index is 0.350. The molecule has 1 aromatic heterocycles. The number of aromatic nitrogens is 2. The number of benzene rings is 1. The minimum atomic E-state index is 0.350. The quantitative estimate of drug-likeness (QED) is 0.918. The Morgan fingerprint density at radius 1 is 1.33 bits per heavy atom. The predicted molar refractivity (Wildman–Crippen MR) is 88.3 cm³/mol. The van der Waals surface area contributed by atoms with Crippen LogP contribution in [0.3, 0.4) is 0 Å². The van der Waals surface area contributed by atoms with Gasteiger partial charge in [-0.05, 0) is 42.9 Å². The van der Waals surface area contributed by atoms with Crippen LogP contribution in [0, 0.1) is 5.41 Å². The molecule has 0 bridgehead atoms. The third-order valence-corrected chi connectivity index (χ3v) is 5.21. The van der Waals surface area contributed by atoms with Crippen LogP contribution in [0.5, 0.6) is 0 Å². The van der Waals surface area contributed by atoms with Gasteiger partial charge in [-0.3, -0.25) is 0 Å². The summed E-state index contributed by atoms with van der Waals surface area (Å²) in [5.74, 6) is 1.85. The van der Waals surface area contributed by atoms with E-state index in [4.69, 9.17) is 10.7 Å². The fourth-order valence-electron chi connectivity index (χ4n) is 3.89. The maximum absolute atomic E-state index is 5.77. The molecule has 1 unspecified atom stereocenters. The second kappa shape index (κ2) is 5.45. The number of rotatable bonds is 3. The molecule has 1 saturated carbocycles. The second-order valence-electron chi connectivity index (χ2n) is 7.03. The first kappa shape index (κ1) is 14.6. The van der Waals surface area contributed by atoms with Gasteiger partial charge in [0.1, 0.15) is 5.82 Å². The Morgan fingerprint density at radius 3 is 2.81 bits per heavy atom. The predicted octanol–water partition coefficient (Wildman–Crippen LogP) is 4.20. The monoisotopic (exact) mass is 285 g/mol. The van der Waals surface area contributed by atoms with E-state index in [-0.39, 0.29) is 0 Å². The largest absolute Gasteiger partial charge is 0.328 e. The van der Waals surface area contributed by atoms with Crippen LogP contribution in [0.25, 0.3) is 11.0 Å². The van der Waals surface area contributed by atoms with Crippen LogP contribution in [0.15, 0.2) is 18.2 Å². The summed E-state index contributed by atoms with van der Waals surface area (Å²) in [6.45, 7) is 8.60. The molecule has 0 saturated heterocycles. The van der Waals surface area contributed by atoms with Gasteiger partial charge in [0.05, 0.1) is 11.0 Å². The zero-order chi connectivity index (χ0) is 15.0. The molecule has 114 valence electrons. The Bertz CT molecular complexity index is 639. The topological polar surface area (TPSA) is 43.8 Å². The van der Waals surface area contributed by atoms with Crippen molar-refractivity contribution in [2.75, 3.05) is 0 Å². The molecule has 1 aromatic carbocycles. The van der Waals surface area contributed by atoms with Gasteiger partial charge in [-0.1, -0.05) is 32.8 Å². The highest BCUT2D eigenvalue weighted by Crippen LogP contribution is 2.46. The maximum Gasteiger partial charge on any atom is 0.113 e. The average molecular weight is 285 g/mol. The van der Waals surface area contributed by atoms with Crippen LogP contribution in [0.2, 0.25) is 0 Å². The first-order valence-electron chi connectivity index (χ1n) is 8.26. The molecule has 2 aromatic rings. The van der Waals surface area contributed by atoms with Crippen molar-refractivity contribution in [1.29, 1.82) is 0 Å². The first-order valence-corrected chi connectivity index (χ1v) is 8.26. The summed E-state index contributed by atoms with van der Waals surface area (Å²) >= 11 is 0. The van der Waals surface area contributed by atoms with E-state index < -0.39 is 0 Å². The van der Waals surface area contributed by atoms with Crippen molar-refractivity contribution >= 4 is 11.0 Å². The van der Waals surface area contributed by atoms with E-state index in [2.05, 4.69) is 43.5 Å². The van der Waals surface area contributed by atoms with Gasteiger partial charge in [-0.25, -0.2) is 4.98 Å². The first-order chi connectivity index (χ1) is 10.1. The van der Waals surface area contributed by atoms with E-state index in [1.54, 1.807) is 0 Å². The SMILES string of the molecule is CCn1c(C2CCCCC2(C)C)nc2cc(CN)ccc21. The van der Waals surface area contributed by atoms with E-state index in [9.17, 15) is 0 Å². The molecule has 1 fully saturated rings. The van der Waals surface area contributed by atoms with Gasteiger partial charge in [-0.15, -0.1) is 0 Å². The molecule has 0 aliphatic heterocycles. The third kappa shape index (κ3) is 2.48. The van der Waals surface area contributed by atoms with Crippen molar-refractivity contribution in [1.82, 2.24) is 9.55 Å². The maximum atomic E-state index is 5.77. The molecule has 1 aliphatic carbocycles. The number of imidazole rings is 1. The van der Waals surface area contributed by atoms with E-state index in [0.29, 0.717) is 17.9 Å². The molecule has 3 rings (SSSR count). The average Bonchev–Trinajstić information content (AvgIpc) is 2.83. The normalized spacial score (nSPS) is 21.8. The van der Waals surface area contributed by atoms with Gasteiger partial charge in [0.2, 0.25) is 0 Å². The van der Waals surface area contributed by atoms with Crippen LogP contribution in [0.1, 0.15) is 63.8 Å². The third-order valence-electron chi connectivity index (χ3n) is 5.21. The summed E-state index contributed by atoms with van der Waals surface area (Å²) in [5, 5.41) is 0. The number of hydrogen-bond donors (Lipinski definition) is 1. The van der Waals surface area contributed by atoms with Crippen molar-refractivity contribution < 1.29 is 0 Å². The Hall–Kier alpha value is -1.35. The number of nitrogens with zero attached hydrogens (tertiary/aromatic N) is 2. The zero-order valence-electron chi connectivity index (χ0n) is 13.5. The lowest BCUT2D eigenvalue weighted by atomic mass is 9.68. The molecular weight excluding hydrogens is 258 g/mol. The van der Waals surface area contributed by atoms with Crippen LogP contribution in [0.4, 0.5) is 0 Å². The van der Waals surface area contributed by atoms with E-state index in [0.717, 1.165) is 17.6 Å². The zero-order valence-corrected chi connectivity index (χ0v) is 13.5. The summed E-state index contributed by atoms with van der Waals surface area (Å²) in [5.41, 5.74) is 9.65. The Balaban J connectivity index is 2.13. The summed E-state index contributed by atoms with van der Waals surface area (Å²) < 4.78 is 2.41. The lowest BCUT2D eigenvalue weighted by Crippen LogP contribution is -2.28. The van der Waals surface area contributed by atoms with Gasteiger partial charge < -0.3 is 10.3 Å². The van der Waals surface area contributed by atoms with Crippen molar-refractivity contribution in [2.45, 2.75) is 65.5 Å². The Morgan fingerprint density at radius 2 is 2.14 bits per heavy atom. The summed E-state index contributed by atoms with van der Waals surface area (Å²) in [4.78, 5) is 5.02. The van der Waals surface area contributed by atoms with Crippen LogP contribution in [-0.4, -0.2) is 9.55 Å². The van der Waals surface area contributed by atoms with E-state index in [1.807, 2.05) is 0 Å². The fourth-order valence-corrected chi connectivity index (χ4v) is 3.89. The fraction of sp³-hybridized carbons (Fsp3) is 0.611. The minimum Gasteiger partial charge on any atom is -0.328 e. The number of fused-ring (bicyclic) bond motifs is 1. The molecule has 21 heavy (non-hydrogen) atoms. The molecule has 1 heterocycles. The van der Waals surface area contributed by atoms with E-state index >= 15 is 0 Å². The highest BCUT2D eigenvalue weighted by Gasteiger charge is 2.36. The van der Waals surface area contributed by atoms with Crippen molar-refractivity contribution in [2.24, 2.45) is 11.1 Å². The summed E-state index contributed by atoms with van der Waals surface area (Å²) in [7, 11) is 0. The summed E-state index contributed by atoms with van der Waals surface area (Å²) in [6, 6.07) is 6.47. The molecule has 0 amide bonds. The number of nitrogens with two attached hydrogens (primary N) is 1. The van der Waals surface area contributed by atoms with Gasteiger partial charge in [0.25, 0.3) is 0 Å². The lowest BCUT2D eigenvalue weighted by molar-refractivity contribution is 0.189. The standard InChI is InChI=1S/C18H27N3/c1-4-21-16-9-8-13(12-19)11-15(16)20-17(21)14-7-5-6-10-18(14,2)3/h8-9,11,14H,4-7,10,12,19H2,1-3H3. The highest BCUT2D eigenvalue weighted by atomic mass is 15.1. The highest BCUT2D eigenvalue weighted by molar-refractivity contribution is 5.77. The number of hydrogen-bond acceptors (Lipinski definition) is 2. The molecule has 0 spiro atoms. The molecule has 0 radical (unpaired) electrons. The van der Waals surface area contributed by atoms with Gasteiger partial charge in [0.15, 0.2) is 0 Å². The van der Waals surface area contributed by atoms with Gasteiger partial charge in [-0.2, -0.15) is 0 Å². The summed E-state index contributed by atoms with van der Waals surface area (Å²) in [6.07, 6.45) is 5.25. The number of aryl methyl sites for hydroxylation is 1. The lowest BCUT2D eigenvalue weighted by Gasteiger charge is -2.38. The molecule has 1 atom stereocenters.